The molecular formula is C20H22N4O4. The van der Waals surface area contributed by atoms with Crippen molar-refractivity contribution in [3.8, 4) is 5.75 Å². The maximum absolute atomic E-state index is 12.7. The average Bonchev–Trinajstić information content (AvgIpc) is 3.24. The number of ether oxygens (including phenoxy) is 2. The molecule has 3 amide bonds. The van der Waals surface area contributed by atoms with E-state index in [9.17, 15) is 9.59 Å². The standard InChI is InChI=1S/C20H22N4O4/c1-23-13-20(28-19(23)26)9-11-24(14-20)18(25)22-16-7-2-3-8-17(16)27-12-15-6-4-5-10-21-15/h2-8,10H,9,11-14H2,1H3,(H,22,25)/t20-/m1/s1. The Hall–Kier alpha value is -3.29. The lowest BCUT2D eigenvalue weighted by molar-refractivity contribution is 0.0663. The molecule has 3 heterocycles. The van der Waals surface area contributed by atoms with E-state index in [4.69, 9.17) is 9.47 Å². The summed E-state index contributed by atoms with van der Waals surface area (Å²) in [7, 11) is 1.70. The maximum atomic E-state index is 12.7. The third kappa shape index (κ3) is 3.71. The van der Waals surface area contributed by atoms with Gasteiger partial charge in [-0.15, -0.1) is 0 Å². The lowest BCUT2D eigenvalue weighted by Crippen LogP contribution is -2.40. The molecule has 1 aromatic carbocycles. The number of amides is 3. The summed E-state index contributed by atoms with van der Waals surface area (Å²) < 4.78 is 11.3. The van der Waals surface area contributed by atoms with Crippen molar-refractivity contribution in [1.29, 1.82) is 0 Å². The third-order valence-electron chi connectivity index (χ3n) is 4.97. The Morgan fingerprint density at radius 3 is 2.82 bits per heavy atom. The highest BCUT2D eigenvalue weighted by Gasteiger charge is 2.49. The van der Waals surface area contributed by atoms with Gasteiger partial charge in [-0.25, -0.2) is 9.59 Å². The lowest BCUT2D eigenvalue weighted by atomic mass is 10.0. The molecular weight excluding hydrogens is 360 g/mol. The fraction of sp³-hybridized carbons (Fsp3) is 0.350. The zero-order valence-corrected chi connectivity index (χ0v) is 15.6. The van der Waals surface area contributed by atoms with Crippen molar-refractivity contribution in [2.75, 3.05) is 32.0 Å². The molecule has 8 nitrogen and oxygen atoms in total. The zero-order chi connectivity index (χ0) is 19.6. The van der Waals surface area contributed by atoms with Crippen molar-refractivity contribution in [3.05, 3.63) is 54.4 Å². The van der Waals surface area contributed by atoms with Crippen LogP contribution in [0.1, 0.15) is 12.1 Å². The SMILES string of the molecule is CN1C[C@@]2(CCN(C(=O)Nc3ccccc3OCc3ccccn3)C2)OC1=O. The number of aromatic nitrogens is 1. The molecule has 1 atom stereocenters. The van der Waals surface area contributed by atoms with E-state index < -0.39 is 5.60 Å². The van der Waals surface area contributed by atoms with E-state index in [0.717, 1.165) is 5.69 Å². The van der Waals surface area contributed by atoms with Crippen LogP contribution < -0.4 is 10.1 Å². The van der Waals surface area contributed by atoms with Gasteiger partial charge in [-0.1, -0.05) is 18.2 Å². The molecule has 1 N–H and O–H groups in total. The number of urea groups is 1. The second-order valence-corrected chi connectivity index (χ2v) is 7.11. The largest absolute Gasteiger partial charge is 0.485 e. The highest BCUT2D eigenvalue weighted by atomic mass is 16.6. The summed E-state index contributed by atoms with van der Waals surface area (Å²) in [6.07, 6.45) is 2.01. The number of likely N-dealkylation sites (tertiary alicyclic amines) is 1. The summed E-state index contributed by atoms with van der Waals surface area (Å²) in [4.78, 5) is 31.9. The van der Waals surface area contributed by atoms with E-state index >= 15 is 0 Å². The van der Waals surface area contributed by atoms with E-state index in [0.29, 0.717) is 44.1 Å². The van der Waals surface area contributed by atoms with Gasteiger partial charge < -0.3 is 24.6 Å². The first kappa shape index (κ1) is 18.1. The van der Waals surface area contributed by atoms with Gasteiger partial charge in [-0.2, -0.15) is 0 Å². The van der Waals surface area contributed by atoms with Gasteiger partial charge in [0.25, 0.3) is 0 Å². The monoisotopic (exact) mass is 382 g/mol. The minimum atomic E-state index is -0.599. The predicted octanol–water partition coefficient (Wildman–Crippen LogP) is 2.72. The quantitative estimate of drug-likeness (QED) is 0.879. The molecule has 0 bridgehead atoms. The summed E-state index contributed by atoms with van der Waals surface area (Å²) >= 11 is 0. The van der Waals surface area contributed by atoms with Gasteiger partial charge in [0.2, 0.25) is 0 Å². The fourth-order valence-electron chi connectivity index (χ4n) is 3.55. The minimum Gasteiger partial charge on any atom is -0.485 e. The normalized spacial score (nSPS) is 21.1. The number of pyridine rings is 1. The van der Waals surface area contributed by atoms with Crippen molar-refractivity contribution in [1.82, 2.24) is 14.8 Å². The Morgan fingerprint density at radius 1 is 1.25 bits per heavy atom. The maximum Gasteiger partial charge on any atom is 0.410 e. The molecule has 4 rings (SSSR count). The first-order chi connectivity index (χ1) is 13.5. The van der Waals surface area contributed by atoms with Gasteiger partial charge >= 0.3 is 12.1 Å². The van der Waals surface area contributed by atoms with E-state index in [1.165, 1.54) is 0 Å². The van der Waals surface area contributed by atoms with Crippen LogP contribution in [0.2, 0.25) is 0 Å². The number of para-hydroxylation sites is 2. The number of benzene rings is 1. The summed E-state index contributed by atoms with van der Waals surface area (Å²) in [6, 6.07) is 12.7. The van der Waals surface area contributed by atoms with Gasteiger partial charge in [-0.3, -0.25) is 4.98 Å². The molecule has 1 spiro atoms. The number of nitrogens with zero attached hydrogens (tertiary/aromatic N) is 3. The van der Waals surface area contributed by atoms with Crippen LogP contribution in [0.15, 0.2) is 48.7 Å². The predicted molar refractivity (Wildman–Crippen MR) is 102 cm³/mol. The van der Waals surface area contributed by atoms with Crippen molar-refractivity contribution in [3.63, 3.8) is 0 Å². The third-order valence-corrected chi connectivity index (χ3v) is 4.97. The molecule has 2 aliphatic rings. The van der Waals surface area contributed by atoms with E-state index in [1.807, 2.05) is 30.3 Å². The van der Waals surface area contributed by atoms with Crippen LogP contribution in [-0.4, -0.2) is 59.2 Å². The van der Waals surface area contributed by atoms with E-state index in [1.54, 1.807) is 35.2 Å². The van der Waals surface area contributed by atoms with Crippen LogP contribution in [0, 0.1) is 0 Å². The minimum absolute atomic E-state index is 0.239. The lowest BCUT2D eigenvalue weighted by Gasteiger charge is -2.22. The number of likely N-dealkylation sites (N-methyl/N-ethyl adjacent to an activating group) is 1. The molecule has 0 radical (unpaired) electrons. The van der Waals surface area contributed by atoms with Crippen LogP contribution in [0.3, 0.4) is 0 Å². The molecule has 0 unspecified atom stereocenters. The van der Waals surface area contributed by atoms with Crippen molar-refractivity contribution >= 4 is 17.8 Å². The number of carbonyl (C=O) groups excluding carboxylic acids is 2. The zero-order valence-electron chi connectivity index (χ0n) is 15.6. The summed E-state index contributed by atoms with van der Waals surface area (Å²) in [5.41, 5.74) is 0.792. The Balaban J connectivity index is 1.39. The number of anilines is 1. The van der Waals surface area contributed by atoms with Crippen molar-refractivity contribution in [2.24, 2.45) is 0 Å². The Morgan fingerprint density at radius 2 is 2.07 bits per heavy atom. The molecule has 2 aromatic rings. The average molecular weight is 382 g/mol. The number of hydrogen-bond acceptors (Lipinski definition) is 5. The highest BCUT2D eigenvalue weighted by Crippen LogP contribution is 2.32. The Bertz CT molecular complexity index is 876. The Kier molecular flexibility index (Phi) is 4.77. The molecule has 0 saturated carbocycles. The second kappa shape index (κ2) is 7.38. The van der Waals surface area contributed by atoms with E-state index in [-0.39, 0.29) is 12.1 Å². The van der Waals surface area contributed by atoms with Gasteiger partial charge in [0.15, 0.2) is 5.60 Å². The highest BCUT2D eigenvalue weighted by molar-refractivity contribution is 5.91. The molecule has 0 aliphatic carbocycles. The summed E-state index contributed by atoms with van der Waals surface area (Å²) in [5.74, 6) is 0.572. The number of hydrogen-bond donors (Lipinski definition) is 1. The van der Waals surface area contributed by atoms with Crippen LogP contribution in [-0.2, 0) is 11.3 Å². The van der Waals surface area contributed by atoms with Gasteiger partial charge in [0.05, 0.1) is 24.5 Å². The van der Waals surface area contributed by atoms with Gasteiger partial charge in [-0.05, 0) is 24.3 Å². The van der Waals surface area contributed by atoms with Gasteiger partial charge in [0, 0.05) is 26.2 Å². The van der Waals surface area contributed by atoms with Crippen molar-refractivity contribution in [2.45, 2.75) is 18.6 Å². The van der Waals surface area contributed by atoms with E-state index in [2.05, 4.69) is 10.3 Å². The van der Waals surface area contributed by atoms with Crippen LogP contribution in [0.25, 0.3) is 0 Å². The van der Waals surface area contributed by atoms with Crippen molar-refractivity contribution < 1.29 is 19.1 Å². The number of nitrogens with one attached hydrogen (secondary N) is 1. The molecule has 28 heavy (non-hydrogen) atoms. The fourth-order valence-corrected chi connectivity index (χ4v) is 3.55. The van der Waals surface area contributed by atoms with Crippen LogP contribution >= 0.6 is 0 Å². The number of rotatable bonds is 4. The molecule has 146 valence electrons. The van der Waals surface area contributed by atoms with Crippen LogP contribution in [0.4, 0.5) is 15.3 Å². The smallest absolute Gasteiger partial charge is 0.410 e. The molecule has 2 fully saturated rings. The molecule has 2 aliphatic heterocycles. The first-order valence-corrected chi connectivity index (χ1v) is 9.16. The first-order valence-electron chi connectivity index (χ1n) is 9.16. The topological polar surface area (TPSA) is 84.0 Å². The number of carbonyl (C=O) groups is 2. The molecule has 1 aromatic heterocycles. The van der Waals surface area contributed by atoms with Gasteiger partial charge in [0.1, 0.15) is 12.4 Å². The second-order valence-electron chi connectivity index (χ2n) is 7.11. The Labute approximate surface area is 163 Å². The summed E-state index contributed by atoms with van der Waals surface area (Å²) in [5, 5.41) is 2.91. The molecule has 2 saturated heterocycles. The van der Waals surface area contributed by atoms with Crippen LogP contribution in [0.5, 0.6) is 5.75 Å². The summed E-state index contributed by atoms with van der Waals surface area (Å²) in [6.45, 7) is 1.72. The molecule has 8 heteroatoms.